The number of rotatable bonds is 8. The molecule has 0 aliphatic heterocycles. The molecular weight excluding hydrogens is 472 g/mol. The number of carbonyl (C=O) groups is 3. The molecule has 0 bridgehead atoms. The Morgan fingerprint density at radius 1 is 0.946 bits per heavy atom. The first-order valence-corrected chi connectivity index (χ1v) is 12.1. The number of hydrogen-bond acceptors (Lipinski definition) is 4. The van der Waals surface area contributed by atoms with Crippen molar-refractivity contribution in [3.63, 3.8) is 0 Å². The summed E-state index contributed by atoms with van der Waals surface area (Å²) in [6.07, 6.45) is 3.14. The van der Waals surface area contributed by atoms with Crippen molar-refractivity contribution in [3.05, 3.63) is 72.1 Å². The number of amides is 2. The van der Waals surface area contributed by atoms with Gasteiger partial charge in [-0.2, -0.15) is 0 Å². The monoisotopic (exact) mass is 504 g/mol. The number of para-hydroxylation sites is 2. The van der Waals surface area contributed by atoms with Crippen LogP contribution in [0.2, 0.25) is 0 Å². The highest BCUT2D eigenvalue weighted by molar-refractivity contribution is 5.91. The van der Waals surface area contributed by atoms with Crippen molar-refractivity contribution in [2.75, 3.05) is 0 Å². The van der Waals surface area contributed by atoms with Crippen molar-refractivity contribution >= 4 is 39.8 Å². The summed E-state index contributed by atoms with van der Waals surface area (Å²) in [6.45, 7) is 5.18. The number of carbonyl (C=O) groups excluding carboxylic acids is 2. The van der Waals surface area contributed by atoms with Gasteiger partial charge < -0.3 is 30.0 Å². The molecule has 2 heterocycles. The van der Waals surface area contributed by atoms with Gasteiger partial charge >= 0.3 is 12.1 Å². The van der Waals surface area contributed by atoms with Gasteiger partial charge in [-0.25, -0.2) is 9.59 Å². The molecule has 194 valence electrons. The molecule has 0 radical (unpaired) electrons. The third-order valence-corrected chi connectivity index (χ3v) is 6.12. The lowest BCUT2D eigenvalue weighted by molar-refractivity contribution is -0.142. The van der Waals surface area contributed by atoms with Crippen LogP contribution in [-0.4, -0.2) is 50.3 Å². The number of carboxylic acids is 1. The number of nitrogens with one attached hydrogen (secondary N) is 3. The Labute approximate surface area is 214 Å². The summed E-state index contributed by atoms with van der Waals surface area (Å²) in [4.78, 5) is 41.3. The van der Waals surface area contributed by atoms with Gasteiger partial charge in [0.2, 0.25) is 5.91 Å². The topological polar surface area (TPSA) is 125 Å². The summed E-state index contributed by atoms with van der Waals surface area (Å²) in [5.41, 5.74) is 2.72. The van der Waals surface area contributed by atoms with E-state index < -0.39 is 35.7 Å². The molecule has 9 heteroatoms. The van der Waals surface area contributed by atoms with Crippen LogP contribution >= 0.6 is 0 Å². The largest absolute Gasteiger partial charge is 0.480 e. The Bertz CT molecular complexity index is 1450. The van der Waals surface area contributed by atoms with Crippen LogP contribution in [0.3, 0.4) is 0 Å². The van der Waals surface area contributed by atoms with Crippen LogP contribution in [-0.2, 0) is 34.2 Å². The molecule has 0 aliphatic carbocycles. The second-order valence-corrected chi connectivity index (χ2v) is 10.1. The number of nitrogens with zero attached hydrogens (tertiary/aromatic N) is 1. The fourth-order valence-corrected chi connectivity index (χ4v) is 4.46. The van der Waals surface area contributed by atoms with Crippen molar-refractivity contribution in [3.8, 4) is 0 Å². The highest BCUT2D eigenvalue weighted by Crippen LogP contribution is 2.22. The van der Waals surface area contributed by atoms with E-state index in [1.807, 2.05) is 66.3 Å². The summed E-state index contributed by atoms with van der Waals surface area (Å²) in [7, 11) is 1.89. The van der Waals surface area contributed by atoms with Crippen LogP contribution in [0.4, 0.5) is 4.79 Å². The maximum Gasteiger partial charge on any atom is 0.408 e. The van der Waals surface area contributed by atoms with E-state index in [1.165, 1.54) is 0 Å². The first kappa shape index (κ1) is 25.8. The minimum atomic E-state index is -1.19. The molecule has 4 N–H and O–H groups in total. The normalized spacial score (nSPS) is 13.3. The molecule has 2 atom stereocenters. The number of aromatic nitrogens is 2. The summed E-state index contributed by atoms with van der Waals surface area (Å²) in [6, 6.07) is 13.1. The zero-order chi connectivity index (χ0) is 26.7. The van der Waals surface area contributed by atoms with Crippen LogP contribution in [0.15, 0.2) is 60.9 Å². The molecule has 2 aromatic heterocycles. The minimum absolute atomic E-state index is 0.0919. The number of alkyl carbamates (subject to hydrolysis) is 1. The number of benzene rings is 2. The van der Waals surface area contributed by atoms with Gasteiger partial charge in [0.15, 0.2) is 0 Å². The maximum absolute atomic E-state index is 13.4. The Morgan fingerprint density at radius 3 is 2.30 bits per heavy atom. The van der Waals surface area contributed by atoms with Gasteiger partial charge in [-0.3, -0.25) is 4.79 Å². The van der Waals surface area contributed by atoms with Crippen LogP contribution in [0.5, 0.6) is 0 Å². The van der Waals surface area contributed by atoms with Crippen molar-refractivity contribution in [2.45, 2.75) is 51.3 Å². The van der Waals surface area contributed by atoms with Crippen molar-refractivity contribution in [1.29, 1.82) is 0 Å². The van der Waals surface area contributed by atoms with E-state index in [0.717, 1.165) is 32.9 Å². The van der Waals surface area contributed by atoms with E-state index in [2.05, 4.69) is 15.6 Å². The lowest BCUT2D eigenvalue weighted by Gasteiger charge is -2.24. The SMILES string of the molecule is Cn1cc(CC(NC(=O)[C@H](Cc2c[nH]c3ccccc23)NC(=O)OC(C)(C)C)C(=O)O)c2ccccc21. The second-order valence-electron chi connectivity index (χ2n) is 10.1. The minimum Gasteiger partial charge on any atom is -0.480 e. The van der Waals surface area contributed by atoms with E-state index >= 15 is 0 Å². The highest BCUT2D eigenvalue weighted by atomic mass is 16.6. The molecular formula is C28H32N4O5. The lowest BCUT2D eigenvalue weighted by Crippen LogP contribution is -2.53. The number of H-pyrrole nitrogens is 1. The number of fused-ring (bicyclic) bond motifs is 2. The van der Waals surface area contributed by atoms with E-state index in [0.29, 0.717) is 0 Å². The number of aryl methyl sites for hydroxylation is 1. The summed E-state index contributed by atoms with van der Waals surface area (Å²) < 4.78 is 7.29. The Morgan fingerprint density at radius 2 is 1.59 bits per heavy atom. The van der Waals surface area contributed by atoms with Crippen molar-refractivity contribution in [2.24, 2.45) is 7.05 Å². The number of carboxylic acid groups (broad SMARTS) is 1. The summed E-state index contributed by atoms with van der Waals surface area (Å²) >= 11 is 0. The van der Waals surface area contributed by atoms with E-state index in [4.69, 9.17) is 4.74 Å². The second kappa shape index (κ2) is 10.4. The van der Waals surface area contributed by atoms with Gasteiger partial charge in [-0.1, -0.05) is 36.4 Å². The molecule has 0 spiro atoms. The number of ether oxygens (including phenoxy) is 1. The molecule has 0 aliphatic rings. The molecule has 0 saturated heterocycles. The number of aliphatic carboxylic acids is 1. The summed E-state index contributed by atoms with van der Waals surface area (Å²) in [5.74, 6) is -1.77. The number of hydrogen-bond donors (Lipinski definition) is 4. The molecule has 0 fully saturated rings. The molecule has 2 aromatic carbocycles. The van der Waals surface area contributed by atoms with Gasteiger partial charge in [0, 0.05) is 54.1 Å². The first-order chi connectivity index (χ1) is 17.5. The first-order valence-electron chi connectivity index (χ1n) is 12.1. The smallest absolute Gasteiger partial charge is 0.408 e. The highest BCUT2D eigenvalue weighted by Gasteiger charge is 2.30. The zero-order valence-electron chi connectivity index (χ0n) is 21.4. The number of aromatic amines is 1. The van der Waals surface area contributed by atoms with Crippen LogP contribution in [0.25, 0.3) is 21.8 Å². The molecule has 37 heavy (non-hydrogen) atoms. The Balaban J connectivity index is 1.57. The molecule has 2 amide bonds. The van der Waals surface area contributed by atoms with Crippen LogP contribution in [0, 0.1) is 0 Å². The Hall–Kier alpha value is -4.27. The van der Waals surface area contributed by atoms with Gasteiger partial charge in [-0.05, 0) is 44.0 Å². The van der Waals surface area contributed by atoms with Crippen molar-refractivity contribution < 1.29 is 24.2 Å². The third-order valence-electron chi connectivity index (χ3n) is 6.12. The summed E-state index contributed by atoms with van der Waals surface area (Å²) in [5, 5.41) is 17.0. The Kier molecular flexibility index (Phi) is 7.24. The fourth-order valence-electron chi connectivity index (χ4n) is 4.46. The standard InChI is InChI=1S/C28H32N4O5/c1-28(2,3)37-27(36)31-22(13-17-15-29-21-11-7-5-9-19(17)21)25(33)30-23(26(34)35)14-18-16-32(4)24-12-8-6-10-20(18)24/h5-12,15-16,22-23,29H,13-14H2,1-4H3,(H,30,33)(H,31,36)(H,34,35)/t22-,23?/m0/s1. The molecule has 9 nitrogen and oxygen atoms in total. The van der Waals surface area contributed by atoms with E-state index in [-0.39, 0.29) is 12.8 Å². The predicted octanol–water partition coefficient (Wildman–Crippen LogP) is 3.91. The molecule has 4 aromatic rings. The lowest BCUT2D eigenvalue weighted by atomic mass is 10.0. The molecule has 4 rings (SSSR count). The van der Waals surface area contributed by atoms with Crippen molar-refractivity contribution in [1.82, 2.24) is 20.2 Å². The van der Waals surface area contributed by atoms with Gasteiger partial charge in [0.05, 0.1) is 0 Å². The van der Waals surface area contributed by atoms with Crippen LogP contribution in [0.1, 0.15) is 31.9 Å². The third kappa shape index (κ3) is 6.11. The molecule has 0 saturated carbocycles. The van der Waals surface area contributed by atoms with Gasteiger partial charge in [0.1, 0.15) is 17.7 Å². The van der Waals surface area contributed by atoms with Gasteiger partial charge in [0.25, 0.3) is 0 Å². The molecule has 1 unspecified atom stereocenters. The maximum atomic E-state index is 13.4. The fraction of sp³-hybridized carbons (Fsp3) is 0.321. The average molecular weight is 505 g/mol. The average Bonchev–Trinajstić information content (AvgIpc) is 3.38. The zero-order valence-corrected chi connectivity index (χ0v) is 21.4. The predicted molar refractivity (Wildman–Crippen MR) is 141 cm³/mol. The van der Waals surface area contributed by atoms with E-state index in [9.17, 15) is 19.5 Å². The van der Waals surface area contributed by atoms with Crippen LogP contribution < -0.4 is 10.6 Å². The van der Waals surface area contributed by atoms with Gasteiger partial charge in [-0.15, -0.1) is 0 Å². The van der Waals surface area contributed by atoms with E-state index in [1.54, 1.807) is 27.0 Å². The quantitative estimate of drug-likeness (QED) is 0.290.